The fraction of sp³-hybridized carbons (Fsp3) is 0.625. The van der Waals surface area contributed by atoms with Crippen LogP contribution in [0.3, 0.4) is 0 Å². The first-order chi connectivity index (χ1) is 11.0. The molecule has 7 nitrogen and oxygen atoms in total. The van der Waals surface area contributed by atoms with E-state index < -0.39 is 43.4 Å². The molecule has 0 amide bonds. The summed E-state index contributed by atoms with van der Waals surface area (Å²) >= 11 is 0. The second-order valence-electron chi connectivity index (χ2n) is 4.91. The number of hydrogen-bond donors (Lipinski definition) is 5. The summed E-state index contributed by atoms with van der Waals surface area (Å²) in [4.78, 5) is 0. The Hall–Kier alpha value is -1.42. The van der Waals surface area contributed by atoms with Crippen molar-refractivity contribution in [3.8, 4) is 23.7 Å². The van der Waals surface area contributed by atoms with Gasteiger partial charge in [0.25, 0.3) is 0 Å². The quantitative estimate of drug-likeness (QED) is 0.376. The van der Waals surface area contributed by atoms with Gasteiger partial charge >= 0.3 is 0 Å². The third-order valence-electron chi connectivity index (χ3n) is 3.15. The van der Waals surface area contributed by atoms with E-state index in [0.717, 1.165) is 0 Å². The first-order valence-corrected chi connectivity index (χ1v) is 7.23. The van der Waals surface area contributed by atoms with E-state index in [-0.39, 0.29) is 13.0 Å². The smallest absolute Gasteiger partial charge is 0.186 e. The number of rotatable bonds is 5. The predicted molar refractivity (Wildman–Crippen MR) is 80.7 cm³/mol. The molecule has 0 spiro atoms. The summed E-state index contributed by atoms with van der Waals surface area (Å²) in [6.07, 6.45) is -4.02. The van der Waals surface area contributed by atoms with Gasteiger partial charge in [-0.25, -0.2) is 0 Å². The van der Waals surface area contributed by atoms with E-state index in [1.54, 1.807) is 12.2 Å². The molecule has 23 heavy (non-hydrogen) atoms. The summed E-state index contributed by atoms with van der Waals surface area (Å²) in [5.74, 6) is 10.2. The van der Waals surface area contributed by atoms with Crippen molar-refractivity contribution in [3.63, 3.8) is 0 Å². The summed E-state index contributed by atoms with van der Waals surface area (Å²) < 4.78 is 10.4. The van der Waals surface area contributed by atoms with Gasteiger partial charge < -0.3 is 35.0 Å². The Balaban J connectivity index is 2.41. The highest BCUT2D eigenvalue weighted by Gasteiger charge is 2.43. The van der Waals surface area contributed by atoms with Crippen LogP contribution in [0.15, 0.2) is 12.2 Å². The van der Waals surface area contributed by atoms with Gasteiger partial charge in [0.15, 0.2) is 6.29 Å². The van der Waals surface area contributed by atoms with Gasteiger partial charge in [0.05, 0.1) is 13.2 Å². The molecule has 0 bridgehead atoms. The first-order valence-electron chi connectivity index (χ1n) is 7.23. The molecule has 1 fully saturated rings. The van der Waals surface area contributed by atoms with E-state index in [1.807, 2.05) is 6.92 Å². The van der Waals surface area contributed by atoms with Gasteiger partial charge in [-0.1, -0.05) is 17.9 Å². The zero-order chi connectivity index (χ0) is 17.2. The lowest BCUT2D eigenvalue weighted by Gasteiger charge is -2.39. The molecule has 1 rings (SSSR count). The van der Waals surface area contributed by atoms with Crippen LogP contribution >= 0.6 is 0 Å². The van der Waals surface area contributed by atoms with E-state index in [9.17, 15) is 20.4 Å². The lowest BCUT2D eigenvalue weighted by atomic mass is 9.99. The normalized spacial score (nSPS) is 31.8. The molecule has 0 radical (unpaired) electrons. The Labute approximate surface area is 135 Å². The molecule has 0 unspecified atom stereocenters. The molecule has 6 atom stereocenters. The van der Waals surface area contributed by atoms with Crippen LogP contribution in [0.25, 0.3) is 0 Å². The summed E-state index contributed by atoms with van der Waals surface area (Å²) in [5.41, 5.74) is 0. The largest absolute Gasteiger partial charge is 0.394 e. The molecule has 1 saturated heterocycles. The monoisotopic (exact) mass is 326 g/mol. The number of aliphatic hydroxyl groups is 5. The van der Waals surface area contributed by atoms with Crippen molar-refractivity contribution in [1.82, 2.24) is 0 Å². The van der Waals surface area contributed by atoms with Gasteiger partial charge in [0, 0.05) is 6.42 Å². The Morgan fingerprint density at radius 3 is 2.57 bits per heavy atom. The van der Waals surface area contributed by atoms with Gasteiger partial charge in [0.1, 0.15) is 30.5 Å². The third-order valence-corrected chi connectivity index (χ3v) is 3.15. The topological polar surface area (TPSA) is 120 Å². The fourth-order valence-corrected chi connectivity index (χ4v) is 1.85. The van der Waals surface area contributed by atoms with Crippen molar-refractivity contribution in [2.45, 2.75) is 50.2 Å². The molecule has 5 N–H and O–H groups in total. The Bertz CT molecular complexity index is 494. The highest BCUT2D eigenvalue weighted by molar-refractivity contribution is 5.31. The van der Waals surface area contributed by atoms with E-state index >= 15 is 0 Å². The molecular weight excluding hydrogens is 304 g/mol. The van der Waals surface area contributed by atoms with Crippen LogP contribution < -0.4 is 0 Å². The molecule has 1 aliphatic heterocycles. The third kappa shape index (κ3) is 6.30. The number of ether oxygens (including phenoxy) is 2. The van der Waals surface area contributed by atoms with Crippen molar-refractivity contribution in [1.29, 1.82) is 0 Å². The fourth-order valence-electron chi connectivity index (χ4n) is 1.85. The predicted octanol–water partition coefficient (Wildman–Crippen LogP) is -1.86. The summed E-state index contributed by atoms with van der Waals surface area (Å²) in [6, 6.07) is 0. The SMILES string of the molecule is C/C=C\C#CC#C[C@H](O)CCO[C@@H]1O[C@H](CO)[C@@H](O)[C@H](O)[C@H]1O. The Kier molecular flexibility index (Phi) is 8.85. The molecule has 128 valence electrons. The van der Waals surface area contributed by atoms with Crippen LogP contribution in [0, 0.1) is 23.7 Å². The molecular formula is C16H22O7. The number of aliphatic hydroxyl groups excluding tert-OH is 5. The lowest BCUT2D eigenvalue weighted by molar-refractivity contribution is -0.301. The standard InChI is InChI=1S/C16H22O7/c1-2-3-4-5-6-7-11(18)8-9-22-16-15(21)14(20)13(19)12(10-17)23-16/h2-3,11-21H,8-10H2,1H3/b3-2-/t11-,12+,13+,14-,15+,16+/m0/s1. The summed E-state index contributed by atoms with van der Waals surface area (Å²) in [5, 5.41) is 47.6. The van der Waals surface area contributed by atoms with Crippen LogP contribution in [0.4, 0.5) is 0 Å². The Morgan fingerprint density at radius 1 is 1.17 bits per heavy atom. The molecule has 0 aromatic heterocycles. The van der Waals surface area contributed by atoms with Crippen LogP contribution in [-0.2, 0) is 9.47 Å². The van der Waals surface area contributed by atoms with Gasteiger partial charge in [-0.3, -0.25) is 0 Å². The highest BCUT2D eigenvalue weighted by Crippen LogP contribution is 2.22. The minimum Gasteiger partial charge on any atom is -0.394 e. The highest BCUT2D eigenvalue weighted by atomic mass is 16.7. The van der Waals surface area contributed by atoms with Crippen molar-refractivity contribution in [2.24, 2.45) is 0 Å². The Morgan fingerprint density at radius 2 is 1.91 bits per heavy atom. The summed E-state index contributed by atoms with van der Waals surface area (Å²) in [6.45, 7) is 1.30. The van der Waals surface area contributed by atoms with Crippen molar-refractivity contribution in [2.75, 3.05) is 13.2 Å². The molecule has 0 saturated carbocycles. The molecule has 0 aromatic carbocycles. The first kappa shape index (κ1) is 19.6. The number of allylic oxidation sites excluding steroid dienone is 2. The average molecular weight is 326 g/mol. The van der Waals surface area contributed by atoms with Gasteiger partial charge in [-0.15, -0.1) is 0 Å². The molecule has 7 heteroatoms. The maximum atomic E-state index is 9.75. The van der Waals surface area contributed by atoms with Crippen LogP contribution in [-0.4, -0.2) is 75.6 Å². The van der Waals surface area contributed by atoms with Crippen molar-refractivity contribution >= 4 is 0 Å². The zero-order valence-electron chi connectivity index (χ0n) is 12.8. The second kappa shape index (κ2) is 10.4. The van der Waals surface area contributed by atoms with Crippen LogP contribution in [0.5, 0.6) is 0 Å². The molecule has 0 aromatic rings. The van der Waals surface area contributed by atoms with Gasteiger partial charge in [-0.05, 0) is 24.8 Å². The maximum Gasteiger partial charge on any atom is 0.186 e. The average Bonchev–Trinajstić information content (AvgIpc) is 2.54. The minimum absolute atomic E-state index is 0.000822. The molecule has 0 aliphatic carbocycles. The van der Waals surface area contributed by atoms with Gasteiger partial charge in [-0.2, -0.15) is 0 Å². The second-order valence-corrected chi connectivity index (χ2v) is 4.91. The van der Waals surface area contributed by atoms with Crippen LogP contribution in [0.1, 0.15) is 13.3 Å². The maximum absolute atomic E-state index is 9.75. The van der Waals surface area contributed by atoms with Crippen LogP contribution in [0.2, 0.25) is 0 Å². The zero-order valence-corrected chi connectivity index (χ0v) is 12.8. The number of hydrogen-bond acceptors (Lipinski definition) is 7. The summed E-state index contributed by atoms with van der Waals surface area (Å²) in [7, 11) is 0. The van der Waals surface area contributed by atoms with Crippen molar-refractivity contribution < 1.29 is 35.0 Å². The van der Waals surface area contributed by atoms with E-state index in [1.165, 1.54) is 0 Å². The van der Waals surface area contributed by atoms with Crippen molar-refractivity contribution in [3.05, 3.63) is 12.2 Å². The minimum atomic E-state index is -1.49. The van der Waals surface area contributed by atoms with E-state index in [4.69, 9.17) is 14.6 Å². The molecule has 1 heterocycles. The van der Waals surface area contributed by atoms with Gasteiger partial charge in [0.2, 0.25) is 0 Å². The molecule has 1 aliphatic rings. The van der Waals surface area contributed by atoms with E-state index in [0.29, 0.717) is 0 Å². The lowest BCUT2D eigenvalue weighted by Crippen LogP contribution is -2.59. The van der Waals surface area contributed by atoms with E-state index in [2.05, 4.69) is 23.7 Å².